The summed E-state index contributed by atoms with van der Waals surface area (Å²) in [5, 5.41) is 8.60. The zero-order valence-corrected chi connectivity index (χ0v) is 6.63. The lowest BCUT2D eigenvalue weighted by Crippen LogP contribution is -1.78. The van der Waals surface area contributed by atoms with Crippen LogP contribution < -0.4 is 0 Å². The smallest absolute Gasteiger partial charge is 0.101 e. The Morgan fingerprint density at radius 3 is 3.08 bits per heavy atom. The molecule has 3 nitrogen and oxygen atoms in total. The average molecular weight is 157 g/mol. The van der Waals surface area contributed by atoms with Crippen LogP contribution in [0, 0.1) is 18.3 Å². The number of rotatable bonds is 0. The molecule has 0 aliphatic carbocycles. The summed E-state index contributed by atoms with van der Waals surface area (Å²) in [6, 6.07) is 5.80. The molecule has 0 saturated heterocycles. The highest BCUT2D eigenvalue weighted by Gasteiger charge is 1.98. The Kier molecular flexibility index (Phi) is 1.34. The van der Waals surface area contributed by atoms with Crippen LogP contribution in [0.3, 0.4) is 0 Å². The molecule has 0 radical (unpaired) electrons. The summed E-state index contributed by atoms with van der Waals surface area (Å²) in [5.41, 5.74) is 3.48. The molecule has 0 saturated carbocycles. The largest absolute Gasteiger partial charge is 0.357 e. The fourth-order valence-electron chi connectivity index (χ4n) is 1.21. The van der Waals surface area contributed by atoms with Crippen molar-refractivity contribution in [3.05, 3.63) is 29.6 Å². The Hall–Kier alpha value is -1.82. The van der Waals surface area contributed by atoms with Crippen LogP contribution in [0.1, 0.15) is 11.3 Å². The summed E-state index contributed by atoms with van der Waals surface area (Å²) in [7, 11) is 0. The lowest BCUT2D eigenvalue weighted by Gasteiger charge is -1.88. The second-order valence-corrected chi connectivity index (χ2v) is 2.72. The average Bonchev–Trinajstić information content (AvgIpc) is 2.43. The van der Waals surface area contributed by atoms with E-state index in [1.54, 1.807) is 12.3 Å². The highest BCUT2D eigenvalue weighted by atomic mass is 14.8. The fraction of sp³-hybridized carbons (Fsp3) is 0.111. The monoisotopic (exact) mass is 157 g/mol. The van der Waals surface area contributed by atoms with E-state index in [0.29, 0.717) is 5.56 Å². The molecule has 0 amide bonds. The highest BCUT2D eigenvalue weighted by Crippen LogP contribution is 2.12. The standard InChI is InChI=1S/C9H7N3/c1-6-2-8-9(12-6)3-7(4-10)5-11-8/h2-3,5,12H,1H3. The quantitative estimate of drug-likeness (QED) is 0.633. The molecule has 1 N–H and O–H groups in total. The summed E-state index contributed by atoms with van der Waals surface area (Å²) >= 11 is 0. The Labute approximate surface area is 69.7 Å². The van der Waals surface area contributed by atoms with Crippen molar-refractivity contribution in [3.8, 4) is 6.07 Å². The van der Waals surface area contributed by atoms with Crippen molar-refractivity contribution >= 4 is 11.0 Å². The molecule has 0 fully saturated rings. The van der Waals surface area contributed by atoms with Crippen molar-refractivity contribution in [3.63, 3.8) is 0 Å². The topological polar surface area (TPSA) is 52.5 Å². The van der Waals surface area contributed by atoms with Gasteiger partial charge in [0.15, 0.2) is 0 Å². The van der Waals surface area contributed by atoms with E-state index in [-0.39, 0.29) is 0 Å². The Bertz CT molecular complexity index is 462. The number of nitrogens with one attached hydrogen (secondary N) is 1. The van der Waals surface area contributed by atoms with E-state index in [1.807, 2.05) is 19.1 Å². The number of hydrogen-bond acceptors (Lipinski definition) is 2. The predicted octanol–water partition coefficient (Wildman–Crippen LogP) is 1.74. The van der Waals surface area contributed by atoms with Crippen molar-refractivity contribution in [2.45, 2.75) is 6.92 Å². The lowest BCUT2D eigenvalue weighted by molar-refractivity contribution is 1.30. The Balaban J connectivity index is 2.77. The maximum absolute atomic E-state index is 8.60. The van der Waals surface area contributed by atoms with Gasteiger partial charge in [-0.05, 0) is 19.1 Å². The third kappa shape index (κ3) is 0.940. The van der Waals surface area contributed by atoms with Crippen LogP contribution in [0.15, 0.2) is 18.3 Å². The van der Waals surface area contributed by atoms with Gasteiger partial charge in [-0.25, -0.2) is 0 Å². The summed E-state index contributed by atoms with van der Waals surface area (Å²) in [6.07, 6.45) is 1.58. The van der Waals surface area contributed by atoms with Crippen LogP contribution in [0.25, 0.3) is 11.0 Å². The van der Waals surface area contributed by atoms with Gasteiger partial charge in [-0.1, -0.05) is 0 Å². The summed E-state index contributed by atoms with van der Waals surface area (Å²) in [4.78, 5) is 7.24. The molecule has 0 bridgehead atoms. The fourth-order valence-corrected chi connectivity index (χ4v) is 1.21. The minimum atomic E-state index is 0.587. The third-order valence-electron chi connectivity index (χ3n) is 1.73. The number of aryl methyl sites for hydroxylation is 1. The lowest BCUT2D eigenvalue weighted by atomic mass is 10.3. The number of nitrogens with zero attached hydrogens (tertiary/aromatic N) is 2. The molecule has 3 heteroatoms. The first kappa shape index (κ1) is 6.86. The van der Waals surface area contributed by atoms with E-state index in [1.165, 1.54) is 0 Å². The van der Waals surface area contributed by atoms with Gasteiger partial charge in [0.1, 0.15) is 6.07 Å². The van der Waals surface area contributed by atoms with E-state index >= 15 is 0 Å². The molecule has 2 heterocycles. The first-order valence-corrected chi connectivity index (χ1v) is 3.65. The van der Waals surface area contributed by atoms with Gasteiger partial charge in [0.05, 0.1) is 16.6 Å². The van der Waals surface area contributed by atoms with E-state index in [4.69, 9.17) is 5.26 Å². The minimum Gasteiger partial charge on any atom is -0.357 e. The van der Waals surface area contributed by atoms with Gasteiger partial charge in [0, 0.05) is 11.9 Å². The maximum atomic E-state index is 8.60. The number of aromatic nitrogens is 2. The van der Waals surface area contributed by atoms with E-state index in [0.717, 1.165) is 16.7 Å². The Morgan fingerprint density at radius 1 is 1.50 bits per heavy atom. The predicted molar refractivity (Wildman–Crippen MR) is 45.5 cm³/mol. The second-order valence-electron chi connectivity index (χ2n) is 2.72. The van der Waals surface area contributed by atoms with Gasteiger partial charge in [-0.15, -0.1) is 0 Å². The van der Waals surface area contributed by atoms with Crippen LogP contribution in [0.2, 0.25) is 0 Å². The molecule has 0 atom stereocenters. The zero-order valence-electron chi connectivity index (χ0n) is 6.63. The molecule has 2 aromatic rings. The normalized spacial score (nSPS) is 10.0. The molecule has 2 aromatic heterocycles. The van der Waals surface area contributed by atoms with Crippen LogP contribution in [-0.4, -0.2) is 9.97 Å². The summed E-state index contributed by atoms with van der Waals surface area (Å²) in [5.74, 6) is 0. The molecule has 0 spiro atoms. The zero-order chi connectivity index (χ0) is 8.55. The SMILES string of the molecule is Cc1cc2ncc(C#N)cc2[nH]1. The minimum absolute atomic E-state index is 0.587. The van der Waals surface area contributed by atoms with E-state index in [9.17, 15) is 0 Å². The molecule has 58 valence electrons. The summed E-state index contributed by atoms with van der Waals surface area (Å²) in [6.45, 7) is 1.97. The number of aromatic amines is 1. The van der Waals surface area contributed by atoms with Gasteiger partial charge < -0.3 is 4.98 Å². The van der Waals surface area contributed by atoms with Crippen LogP contribution in [0.5, 0.6) is 0 Å². The molecule has 0 aliphatic heterocycles. The molecule has 2 rings (SSSR count). The molecule has 0 aromatic carbocycles. The maximum Gasteiger partial charge on any atom is 0.101 e. The third-order valence-corrected chi connectivity index (χ3v) is 1.73. The number of nitriles is 1. The van der Waals surface area contributed by atoms with Crippen molar-refractivity contribution in [2.24, 2.45) is 0 Å². The first-order valence-electron chi connectivity index (χ1n) is 3.65. The van der Waals surface area contributed by atoms with Crippen molar-refractivity contribution in [1.29, 1.82) is 5.26 Å². The van der Waals surface area contributed by atoms with Gasteiger partial charge in [0.25, 0.3) is 0 Å². The Morgan fingerprint density at radius 2 is 2.33 bits per heavy atom. The van der Waals surface area contributed by atoms with Crippen LogP contribution >= 0.6 is 0 Å². The van der Waals surface area contributed by atoms with Crippen molar-refractivity contribution in [2.75, 3.05) is 0 Å². The molecule has 0 unspecified atom stereocenters. The van der Waals surface area contributed by atoms with Crippen LogP contribution in [0.4, 0.5) is 0 Å². The van der Waals surface area contributed by atoms with Gasteiger partial charge in [-0.2, -0.15) is 5.26 Å². The van der Waals surface area contributed by atoms with Crippen molar-refractivity contribution in [1.82, 2.24) is 9.97 Å². The molecular weight excluding hydrogens is 150 g/mol. The number of fused-ring (bicyclic) bond motifs is 1. The number of pyridine rings is 1. The molecular formula is C9H7N3. The highest BCUT2D eigenvalue weighted by molar-refractivity contribution is 5.76. The van der Waals surface area contributed by atoms with Crippen molar-refractivity contribution < 1.29 is 0 Å². The van der Waals surface area contributed by atoms with E-state index < -0.39 is 0 Å². The van der Waals surface area contributed by atoms with Gasteiger partial charge in [-0.3, -0.25) is 4.98 Å². The second kappa shape index (κ2) is 2.35. The van der Waals surface area contributed by atoms with Gasteiger partial charge >= 0.3 is 0 Å². The van der Waals surface area contributed by atoms with E-state index in [2.05, 4.69) is 9.97 Å². The molecule has 0 aliphatic rings. The number of hydrogen-bond donors (Lipinski definition) is 1. The van der Waals surface area contributed by atoms with Gasteiger partial charge in [0.2, 0.25) is 0 Å². The number of H-pyrrole nitrogens is 1. The summed E-state index contributed by atoms with van der Waals surface area (Å²) < 4.78 is 0. The first-order chi connectivity index (χ1) is 5.79. The molecule has 12 heavy (non-hydrogen) atoms. The van der Waals surface area contributed by atoms with Crippen LogP contribution in [-0.2, 0) is 0 Å².